The molecule has 1 aliphatic heterocycles. The number of para-hydroxylation sites is 2. The molecule has 4 nitrogen and oxygen atoms in total. The first-order valence-electron chi connectivity index (χ1n) is 17.7. The predicted molar refractivity (Wildman–Crippen MR) is 218 cm³/mol. The third kappa shape index (κ3) is 6.63. The first-order valence-corrected chi connectivity index (χ1v) is 19.4. The van der Waals surface area contributed by atoms with E-state index in [4.69, 9.17) is 9.47 Å². The minimum absolute atomic E-state index is 0.441. The summed E-state index contributed by atoms with van der Waals surface area (Å²) in [5, 5.41) is 6.96. The van der Waals surface area contributed by atoms with Crippen LogP contribution < -0.4 is 18.9 Å². The highest BCUT2D eigenvalue weighted by atomic mass is 32.2. The number of allylic oxidation sites excluding steroid dienone is 6. The van der Waals surface area contributed by atoms with Gasteiger partial charge in [-0.25, -0.2) is 0 Å². The van der Waals surface area contributed by atoms with E-state index in [0.717, 1.165) is 41.5 Å². The van der Waals surface area contributed by atoms with Crippen molar-refractivity contribution < 1.29 is 14.0 Å². The van der Waals surface area contributed by atoms with Crippen LogP contribution in [-0.4, -0.2) is 6.73 Å². The minimum Gasteiger partial charge on any atom is -0.472 e. The molecule has 254 valence electrons. The van der Waals surface area contributed by atoms with Crippen LogP contribution in [-0.2, 0) is 6.73 Å². The van der Waals surface area contributed by atoms with Gasteiger partial charge in [0, 0.05) is 27.8 Å². The summed E-state index contributed by atoms with van der Waals surface area (Å²) in [5.41, 5.74) is 5.05. The molecule has 6 heteroatoms. The normalized spacial score (nSPS) is 16.0. The fraction of sp³-hybridized carbons (Fsp3) is 0.109. The van der Waals surface area contributed by atoms with Crippen LogP contribution in [0.1, 0.15) is 24.3 Å². The van der Waals surface area contributed by atoms with E-state index in [2.05, 4.69) is 173 Å². The maximum Gasteiger partial charge on any atom is 0.293 e. The Bertz CT molecular complexity index is 2550. The summed E-state index contributed by atoms with van der Waals surface area (Å²) >= 11 is 3.60. The van der Waals surface area contributed by atoms with Crippen LogP contribution in [0.25, 0.3) is 37.8 Å². The fourth-order valence-corrected chi connectivity index (χ4v) is 9.13. The first-order chi connectivity index (χ1) is 25.8. The van der Waals surface area contributed by atoms with Gasteiger partial charge >= 0.3 is 0 Å². The first kappa shape index (κ1) is 32.4. The van der Waals surface area contributed by atoms with Crippen LogP contribution in [0.2, 0.25) is 0 Å². The Kier molecular flexibility index (Phi) is 9.07. The summed E-state index contributed by atoms with van der Waals surface area (Å²) in [6, 6.07) is 46.4. The molecule has 0 radical (unpaired) electrons. The third-order valence-electron chi connectivity index (χ3n) is 9.65. The monoisotopic (exact) mass is 713 g/mol. The molecule has 0 bridgehead atoms. The van der Waals surface area contributed by atoms with Crippen molar-refractivity contribution in [3.8, 4) is 11.5 Å². The summed E-state index contributed by atoms with van der Waals surface area (Å²) in [4.78, 5) is 3.53. The minimum atomic E-state index is 0.441. The quantitative estimate of drug-likeness (QED) is 0.139. The molecule has 0 unspecified atom stereocenters. The zero-order chi connectivity index (χ0) is 34.7. The summed E-state index contributed by atoms with van der Waals surface area (Å²) in [7, 11) is 0. The number of aromatic nitrogens is 1. The lowest BCUT2D eigenvalue weighted by molar-refractivity contribution is -0.698. The molecule has 1 aromatic heterocycles. The summed E-state index contributed by atoms with van der Waals surface area (Å²) < 4.78 is 16.5. The van der Waals surface area contributed by atoms with Crippen molar-refractivity contribution in [3.05, 3.63) is 179 Å². The molecule has 1 aliphatic carbocycles. The standard InChI is InChI=1S/C46H37N2O2S2/c1-3-18-37-35(14-1)16-10-22-41(37)49-31-47-39-20-5-7-24-43(39)51-45(47)28-26-33-12-9-13-34(30-33)27-29-46-48(40-21-6-8-25-44(40)52-46)32-50-42-23-11-17-36-15-2-4-19-38(36)42/h1-8,10-11,14-30H,9,12-13,31-32H2/q+1. The van der Waals surface area contributed by atoms with Crippen LogP contribution in [0.15, 0.2) is 179 Å². The molecule has 2 aliphatic rings. The Labute approximate surface area is 312 Å². The predicted octanol–water partition coefficient (Wildman–Crippen LogP) is 12.1. The number of rotatable bonds is 9. The molecule has 9 rings (SSSR count). The van der Waals surface area contributed by atoms with Gasteiger partial charge in [0.1, 0.15) is 16.2 Å². The van der Waals surface area contributed by atoms with Crippen molar-refractivity contribution >= 4 is 66.6 Å². The van der Waals surface area contributed by atoms with Crippen LogP contribution in [0.3, 0.4) is 0 Å². The van der Waals surface area contributed by atoms with Crippen LogP contribution >= 0.6 is 23.1 Å². The zero-order valence-electron chi connectivity index (χ0n) is 28.7. The number of thioether (sulfide) groups is 1. The van der Waals surface area contributed by atoms with Crippen LogP contribution in [0.4, 0.5) is 5.69 Å². The molecular formula is C46H37N2O2S2+. The Morgan fingerprint density at radius 2 is 1.35 bits per heavy atom. The number of thiazole rings is 1. The van der Waals surface area contributed by atoms with E-state index in [9.17, 15) is 0 Å². The topological polar surface area (TPSA) is 25.6 Å². The molecule has 0 spiro atoms. The number of ether oxygens (including phenoxy) is 2. The average Bonchev–Trinajstić information content (AvgIpc) is 3.75. The maximum absolute atomic E-state index is 6.49. The van der Waals surface area contributed by atoms with E-state index in [-0.39, 0.29) is 0 Å². The molecule has 2 heterocycles. The van der Waals surface area contributed by atoms with Gasteiger partial charge in [-0.05, 0) is 77.6 Å². The molecule has 7 aromatic rings. The lowest BCUT2D eigenvalue weighted by Gasteiger charge is -2.21. The molecule has 0 N–H and O–H groups in total. The number of benzene rings is 6. The Hall–Kier alpha value is -5.56. The highest BCUT2D eigenvalue weighted by Crippen LogP contribution is 2.46. The lowest BCUT2D eigenvalue weighted by atomic mass is 9.94. The van der Waals surface area contributed by atoms with Crippen LogP contribution in [0, 0.1) is 0 Å². The second kappa shape index (κ2) is 14.6. The van der Waals surface area contributed by atoms with Gasteiger partial charge < -0.3 is 14.4 Å². The average molecular weight is 714 g/mol. The van der Waals surface area contributed by atoms with Gasteiger partial charge in [0.15, 0.2) is 6.73 Å². The summed E-state index contributed by atoms with van der Waals surface area (Å²) in [6.45, 7) is 0.881. The number of fused-ring (bicyclic) bond motifs is 4. The smallest absolute Gasteiger partial charge is 0.293 e. The highest BCUT2D eigenvalue weighted by Gasteiger charge is 2.25. The van der Waals surface area contributed by atoms with Gasteiger partial charge in [-0.15, -0.1) is 4.57 Å². The fourth-order valence-electron chi connectivity index (χ4n) is 7.03. The van der Waals surface area contributed by atoms with Crippen molar-refractivity contribution in [2.24, 2.45) is 0 Å². The highest BCUT2D eigenvalue weighted by molar-refractivity contribution is 8.03. The Morgan fingerprint density at radius 3 is 2.17 bits per heavy atom. The molecule has 6 aromatic carbocycles. The largest absolute Gasteiger partial charge is 0.472 e. The van der Waals surface area contributed by atoms with E-state index in [1.54, 1.807) is 23.1 Å². The molecule has 0 amide bonds. The zero-order valence-corrected chi connectivity index (χ0v) is 30.3. The van der Waals surface area contributed by atoms with Gasteiger partial charge in [-0.2, -0.15) is 0 Å². The van der Waals surface area contributed by atoms with Crippen molar-refractivity contribution in [3.63, 3.8) is 0 Å². The summed E-state index contributed by atoms with van der Waals surface area (Å²) in [5.74, 6) is 1.80. The third-order valence-corrected chi connectivity index (χ3v) is 11.9. The van der Waals surface area contributed by atoms with E-state index < -0.39 is 0 Å². The van der Waals surface area contributed by atoms with Gasteiger partial charge in [0.05, 0.1) is 10.7 Å². The molecule has 0 fully saturated rings. The number of hydrogen-bond donors (Lipinski definition) is 0. The molecular weight excluding hydrogens is 677 g/mol. The van der Waals surface area contributed by atoms with E-state index in [0.29, 0.717) is 13.5 Å². The van der Waals surface area contributed by atoms with E-state index in [1.165, 1.54) is 52.8 Å². The second-order valence-corrected chi connectivity index (χ2v) is 15.1. The maximum atomic E-state index is 6.49. The summed E-state index contributed by atoms with van der Waals surface area (Å²) in [6.07, 6.45) is 14.7. The van der Waals surface area contributed by atoms with Crippen molar-refractivity contribution in [1.82, 2.24) is 0 Å². The van der Waals surface area contributed by atoms with Gasteiger partial charge in [0.2, 0.25) is 5.52 Å². The van der Waals surface area contributed by atoms with Crippen molar-refractivity contribution in [2.75, 3.05) is 11.6 Å². The van der Waals surface area contributed by atoms with E-state index in [1.807, 2.05) is 0 Å². The molecule has 52 heavy (non-hydrogen) atoms. The molecule has 0 saturated carbocycles. The van der Waals surface area contributed by atoms with Gasteiger partial charge in [-0.1, -0.05) is 138 Å². The van der Waals surface area contributed by atoms with Gasteiger partial charge in [-0.3, -0.25) is 0 Å². The number of hydrogen-bond acceptors (Lipinski definition) is 5. The molecule has 0 saturated heterocycles. The Balaban J connectivity index is 0.957. The van der Waals surface area contributed by atoms with Crippen LogP contribution in [0.5, 0.6) is 11.5 Å². The van der Waals surface area contributed by atoms with Gasteiger partial charge in [0.25, 0.3) is 11.7 Å². The van der Waals surface area contributed by atoms with Crippen molar-refractivity contribution in [1.29, 1.82) is 0 Å². The SMILES string of the molecule is C(=Cc1sc2ccccc2[n+]1COc1cccc2ccccc12)C1=CC(=CC=C2Sc3ccccc3N2COc2cccc3ccccc23)CCC1. The Morgan fingerprint density at radius 1 is 0.654 bits per heavy atom. The lowest BCUT2D eigenvalue weighted by Crippen LogP contribution is -2.37. The van der Waals surface area contributed by atoms with Crippen molar-refractivity contribution in [2.45, 2.75) is 30.9 Å². The number of nitrogens with zero attached hydrogens (tertiary/aromatic N) is 2. The second-order valence-electron chi connectivity index (χ2n) is 13.0. The van der Waals surface area contributed by atoms with E-state index >= 15 is 0 Å². The molecule has 0 atom stereocenters. The number of anilines is 1.